The summed E-state index contributed by atoms with van der Waals surface area (Å²) in [6.45, 7) is 3.10. The van der Waals surface area contributed by atoms with Gasteiger partial charge < -0.3 is 5.32 Å². The minimum Gasteiger partial charge on any atom is -0.310 e. The lowest BCUT2D eigenvalue weighted by Crippen LogP contribution is -2.24. The molecule has 1 unspecified atom stereocenters. The van der Waals surface area contributed by atoms with E-state index >= 15 is 0 Å². The molecule has 0 amide bonds. The quantitative estimate of drug-likeness (QED) is 0.793. The zero-order valence-corrected chi connectivity index (χ0v) is 13.2. The van der Waals surface area contributed by atoms with E-state index in [1.54, 1.807) is 0 Å². The molecule has 0 radical (unpaired) electrons. The van der Waals surface area contributed by atoms with Crippen LogP contribution in [-0.4, -0.2) is 6.54 Å². The largest absolute Gasteiger partial charge is 0.310 e. The van der Waals surface area contributed by atoms with E-state index in [1.165, 1.54) is 17.7 Å². The van der Waals surface area contributed by atoms with E-state index in [2.05, 4.69) is 40.3 Å². The molecule has 0 saturated heterocycles. The fourth-order valence-corrected chi connectivity index (χ4v) is 2.67. The minimum atomic E-state index is -0.189. The maximum Gasteiger partial charge on any atom is 0.123 e. The molecule has 0 heterocycles. The maximum atomic E-state index is 13.1. The Balaban J connectivity index is 2.16. The molecule has 0 aliphatic heterocycles. The van der Waals surface area contributed by atoms with Gasteiger partial charge in [-0.25, -0.2) is 4.39 Å². The average molecular weight is 336 g/mol. The Kier molecular flexibility index (Phi) is 5.74. The SMILES string of the molecule is CCCNC(Cc1cccc(Br)c1)c1ccc(F)cc1. The molecule has 106 valence electrons. The zero-order chi connectivity index (χ0) is 14.4. The standard InChI is InChI=1S/C17H19BrFN/c1-2-10-20-17(14-6-8-16(19)9-7-14)12-13-4-3-5-15(18)11-13/h3-9,11,17,20H,2,10,12H2,1H3. The number of hydrogen-bond donors (Lipinski definition) is 1. The molecule has 3 heteroatoms. The Morgan fingerprint density at radius 1 is 1.15 bits per heavy atom. The van der Waals surface area contributed by atoms with Gasteiger partial charge in [-0.05, 0) is 54.8 Å². The molecule has 1 N–H and O–H groups in total. The highest BCUT2D eigenvalue weighted by atomic mass is 79.9. The van der Waals surface area contributed by atoms with Crippen LogP contribution >= 0.6 is 15.9 Å². The van der Waals surface area contributed by atoms with Gasteiger partial charge in [0.1, 0.15) is 5.82 Å². The molecular formula is C17H19BrFN. The maximum absolute atomic E-state index is 13.1. The van der Waals surface area contributed by atoms with Crippen LogP contribution in [0.4, 0.5) is 4.39 Å². The van der Waals surface area contributed by atoms with Gasteiger partial charge in [0.15, 0.2) is 0 Å². The smallest absolute Gasteiger partial charge is 0.123 e. The summed E-state index contributed by atoms with van der Waals surface area (Å²) in [5.74, 6) is -0.189. The lowest BCUT2D eigenvalue weighted by molar-refractivity contribution is 0.527. The molecule has 2 rings (SSSR count). The number of hydrogen-bond acceptors (Lipinski definition) is 1. The van der Waals surface area contributed by atoms with Crippen LogP contribution in [0.5, 0.6) is 0 Å². The molecule has 0 spiro atoms. The Morgan fingerprint density at radius 2 is 1.90 bits per heavy atom. The van der Waals surface area contributed by atoms with Crippen LogP contribution in [0.3, 0.4) is 0 Å². The van der Waals surface area contributed by atoms with Crippen molar-refractivity contribution < 1.29 is 4.39 Å². The summed E-state index contributed by atoms with van der Waals surface area (Å²) in [5, 5.41) is 3.54. The van der Waals surface area contributed by atoms with Crippen LogP contribution in [-0.2, 0) is 6.42 Å². The van der Waals surface area contributed by atoms with Crippen molar-refractivity contribution in [2.45, 2.75) is 25.8 Å². The van der Waals surface area contributed by atoms with E-state index in [1.807, 2.05) is 24.3 Å². The number of halogens is 2. The number of rotatable bonds is 6. The first-order chi connectivity index (χ1) is 9.69. The lowest BCUT2D eigenvalue weighted by atomic mass is 9.98. The van der Waals surface area contributed by atoms with Gasteiger partial charge in [-0.3, -0.25) is 0 Å². The molecule has 2 aromatic rings. The highest BCUT2D eigenvalue weighted by molar-refractivity contribution is 9.10. The molecule has 0 aliphatic rings. The number of benzene rings is 2. The first kappa shape index (κ1) is 15.2. The van der Waals surface area contributed by atoms with Crippen molar-refractivity contribution in [1.29, 1.82) is 0 Å². The van der Waals surface area contributed by atoms with Crippen molar-refractivity contribution in [3.8, 4) is 0 Å². The summed E-state index contributed by atoms with van der Waals surface area (Å²) in [6, 6.07) is 15.3. The van der Waals surface area contributed by atoms with Crippen molar-refractivity contribution in [2.75, 3.05) is 6.54 Å². The second kappa shape index (κ2) is 7.55. The number of nitrogens with one attached hydrogen (secondary N) is 1. The van der Waals surface area contributed by atoms with Gasteiger partial charge in [0.25, 0.3) is 0 Å². The normalized spacial score (nSPS) is 12.3. The molecule has 1 atom stereocenters. The van der Waals surface area contributed by atoms with Crippen LogP contribution in [0.15, 0.2) is 53.0 Å². The van der Waals surface area contributed by atoms with Gasteiger partial charge in [0, 0.05) is 10.5 Å². The Hall–Kier alpha value is -1.19. The van der Waals surface area contributed by atoms with Crippen LogP contribution in [0.25, 0.3) is 0 Å². The van der Waals surface area contributed by atoms with E-state index in [4.69, 9.17) is 0 Å². The Bertz CT molecular complexity index is 539. The third-order valence-corrected chi connectivity index (χ3v) is 3.74. The monoisotopic (exact) mass is 335 g/mol. The van der Waals surface area contributed by atoms with Gasteiger partial charge in [0.2, 0.25) is 0 Å². The van der Waals surface area contributed by atoms with Gasteiger partial charge in [0.05, 0.1) is 0 Å². The van der Waals surface area contributed by atoms with Crippen molar-refractivity contribution in [1.82, 2.24) is 5.32 Å². The summed E-state index contributed by atoms with van der Waals surface area (Å²) >= 11 is 3.50. The van der Waals surface area contributed by atoms with Crippen molar-refractivity contribution >= 4 is 15.9 Å². The Labute approximate surface area is 128 Å². The molecular weight excluding hydrogens is 317 g/mol. The topological polar surface area (TPSA) is 12.0 Å². The third kappa shape index (κ3) is 4.43. The molecule has 0 saturated carbocycles. The predicted molar refractivity (Wildman–Crippen MR) is 85.3 cm³/mol. The summed E-state index contributed by atoms with van der Waals surface area (Å²) in [7, 11) is 0. The second-order valence-corrected chi connectivity index (χ2v) is 5.81. The van der Waals surface area contributed by atoms with Gasteiger partial charge in [-0.2, -0.15) is 0 Å². The van der Waals surface area contributed by atoms with E-state index in [-0.39, 0.29) is 11.9 Å². The van der Waals surface area contributed by atoms with Crippen molar-refractivity contribution in [3.63, 3.8) is 0 Å². The fourth-order valence-electron chi connectivity index (χ4n) is 2.22. The van der Waals surface area contributed by atoms with Gasteiger partial charge >= 0.3 is 0 Å². The summed E-state index contributed by atoms with van der Waals surface area (Å²) in [5.41, 5.74) is 2.39. The van der Waals surface area contributed by atoms with E-state index in [9.17, 15) is 4.39 Å². The van der Waals surface area contributed by atoms with E-state index in [0.717, 1.165) is 29.4 Å². The minimum absolute atomic E-state index is 0.189. The molecule has 0 fully saturated rings. The average Bonchev–Trinajstić information content (AvgIpc) is 2.44. The molecule has 0 aromatic heterocycles. The van der Waals surface area contributed by atoms with Gasteiger partial charge in [-0.1, -0.05) is 47.1 Å². The molecule has 0 bridgehead atoms. The van der Waals surface area contributed by atoms with E-state index in [0.29, 0.717) is 0 Å². The highest BCUT2D eigenvalue weighted by Gasteiger charge is 2.11. The summed E-state index contributed by atoms with van der Waals surface area (Å²) < 4.78 is 14.1. The summed E-state index contributed by atoms with van der Waals surface area (Å²) in [4.78, 5) is 0. The highest BCUT2D eigenvalue weighted by Crippen LogP contribution is 2.21. The first-order valence-electron chi connectivity index (χ1n) is 6.92. The predicted octanol–water partition coefficient (Wildman–Crippen LogP) is 4.87. The van der Waals surface area contributed by atoms with Crippen LogP contribution in [0.2, 0.25) is 0 Å². The lowest BCUT2D eigenvalue weighted by Gasteiger charge is -2.19. The second-order valence-electron chi connectivity index (χ2n) is 4.89. The Morgan fingerprint density at radius 3 is 2.55 bits per heavy atom. The molecule has 2 aromatic carbocycles. The van der Waals surface area contributed by atoms with Crippen molar-refractivity contribution in [2.24, 2.45) is 0 Å². The van der Waals surface area contributed by atoms with Crippen LogP contribution in [0.1, 0.15) is 30.5 Å². The first-order valence-corrected chi connectivity index (χ1v) is 7.71. The van der Waals surface area contributed by atoms with Gasteiger partial charge in [-0.15, -0.1) is 0 Å². The molecule has 1 nitrogen and oxygen atoms in total. The van der Waals surface area contributed by atoms with Crippen molar-refractivity contribution in [3.05, 3.63) is 69.9 Å². The molecule has 20 heavy (non-hydrogen) atoms. The fraction of sp³-hybridized carbons (Fsp3) is 0.294. The van der Waals surface area contributed by atoms with Crippen LogP contribution in [0, 0.1) is 5.82 Å². The molecule has 0 aliphatic carbocycles. The van der Waals surface area contributed by atoms with E-state index < -0.39 is 0 Å². The zero-order valence-electron chi connectivity index (χ0n) is 11.6. The third-order valence-electron chi connectivity index (χ3n) is 3.24. The summed E-state index contributed by atoms with van der Waals surface area (Å²) in [6.07, 6.45) is 1.97. The van der Waals surface area contributed by atoms with Crippen LogP contribution < -0.4 is 5.32 Å².